The van der Waals surface area contributed by atoms with Crippen LogP contribution in [0.2, 0.25) is 5.02 Å². The molecule has 20 heavy (non-hydrogen) atoms. The van der Waals surface area contributed by atoms with E-state index in [2.05, 4.69) is 20.8 Å². The molecule has 0 unspecified atom stereocenters. The standard InChI is InChI=1S/C14H15ClN4O/c1-8-2-3-9(15)6-12(8)17-14(20)13-10-7-16-5-4-11(10)18-19-13/h2-3,6,16H,4-5,7H2,1H3,(H,17,20)(H,18,19). The molecule has 0 bridgehead atoms. The van der Waals surface area contributed by atoms with E-state index in [1.54, 1.807) is 12.1 Å². The number of aromatic amines is 1. The Balaban J connectivity index is 1.86. The van der Waals surface area contributed by atoms with Gasteiger partial charge >= 0.3 is 0 Å². The summed E-state index contributed by atoms with van der Waals surface area (Å²) in [6.45, 7) is 3.50. The van der Waals surface area contributed by atoms with Gasteiger partial charge in [0.1, 0.15) is 0 Å². The second kappa shape index (κ2) is 5.26. The average Bonchev–Trinajstić information content (AvgIpc) is 2.87. The smallest absolute Gasteiger partial charge is 0.276 e. The minimum absolute atomic E-state index is 0.212. The van der Waals surface area contributed by atoms with Crippen molar-refractivity contribution in [3.8, 4) is 0 Å². The first-order chi connectivity index (χ1) is 9.65. The highest BCUT2D eigenvalue weighted by molar-refractivity contribution is 6.31. The van der Waals surface area contributed by atoms with E-state index < -0.39 is 0 Å². The molecule has 104 valence electrons. The molecule has 5 nitrogen and oxygen atoms in total. The molecule has 1 aliphatic heterocycles. The van der Waals surface area contributed by atoms with Gasteiger partial charge in [-0.1, -0.05) is 17.7 Å². The Kier molecular flexibility index (Phi) is 3.46. The Morgan fingerprint density at radius 3 is 3.15 bits per heavy atom. The van der Waals surface area contributed by atoms with E-state index >= 15 is 0 Å². The lowest BCUT2D eigenvalue weighted by Crippen LogP contribution is -2.25. The Morgan fingerprint density at radius 1 is 1.45 bits per heavy atom. The number of benzene rings is 1. The van der Waals surface area contributed by atoms with E-state index in [9.17, 15) is 4.79 Å². The van der Waals surface area contributed by atoms with E-state index in [4.69, 9.17) is 11.6 Å². The zero-order valence-electron chi connectivity index (χ0n) is 11.1. The molecule has 0 saturated carbocycles. The fraction of sp³-hybridized carbons (Fsp3) is 0.286. The van der Waals surface area contributed by atoms with Crippen LogP contribution in [0, 0.1) is 6.92 Å². The van der Waals surface area contributed by atoms with E-state index in [-0.39, 0.29) is 5.91 Å². The van der Waals surface area contributed by atoms with Gasteiger partial charge in [0.05, 0.1) is 0 Å². The monoisotopic (exact) mass is 290 g/mol. The lowest BCUT2D eigenvalue weighted by Gasteiger charge is -2.13. The van der Waals surface area contributed by atoms with Crippen LogP contribution < -0.4 is 10.6 Å². The predicted octanol–water partition coefficient (Wildman–Crippen LogP) is 2.27. The number of carbonyl (C=O) groups is 1. The quantitative estimate of drug-likeness (QED) is 0.795. The summed E-state index contributed by atoms with van der Waals surface area (Å²) in [7, 11) is 0. The number of aromatic nitrogens is 2. The Labute approximate surface area is 121 Å². The minimum Gasteiger partial charge on any atom is -0.320 e. The largest absolute Gasteiger partial charge is 0.320 e. The summed E-state index contributed by atoms with van der Waals surface area (Å²) < 4.78 is 0. The molecule has 0 atom stereocenters. The van der Waals surface area contributed by atoms with E-state index in [1.807, 2.05) is 13.0 Å². The number of hydrogen-bond acceptors (Lipinski definition) is 3. The number of nitrogens with zero attached hydrogens (tertiary/aromatic N) is 1. The maximum Gasteiger partial charge on any atom is 0.276 e. The van der Waals surface area contributed by atoms with Gasteiger partial charge in [0, 0.05) is 41.5 Å². The first kappa shape index (κ1) is 13.1. The number of hydrogen-bond donors (Lipinski definition) is 3. The van der Waals surface area contributed by atoms with Crippen molar-refractivity contribution in [2.24, 2.45) is 0 Å². The van der Waals surface area contributed by atoms with Crippen molar-refractivity contribution in [1.82, 2.24) is 15.5 Å². The topological polar surface area (TPSA) is 69.8 Å². The van der Waals surface area contributed by atoms with Crippen LogP contribution in [0.3, 0.4) is 0 Å². The van der Waals surface area contributed by atoms with Crippen molar-refractivity contribution in [2.75, 3.05) is 11.9 Å². The number of carbonyl (C=O) groups excluding carboxylic acids is 1. The van der Waals surface area contributed by atoms with Crippen molar-refractivity contribution >= 4 is 23.2 Å². The summed E-state index contributed by atoms with van der Waals surface area (Å²) in [5.74, 6) is -0.212. The molecule has 3 N–H and O–H groups in total. The molecule has 1 aromatic heterocycles. The normalized spacial score (nSPS) is 13.9. The number of H-pyrrole nitrogens is 1. The summed E-state index contributed by atoms with van der Waals surface area (Å²) in [5, 5.41) is 13.8. The van der Waals surface area contributed by atoms with E-state index in [0.29, 0.717) is 22.9 Å². The number of amides is 1. The van der Waals surface area contributed by atoms with Crippen molar-refractivity contribution < 1.29 is 4.79 Å². The average molecular weight is 291 g/mol. The zero-order chi connectivity index (χ0) is 14.1. The number of nitrogens with one attached hydrogen (secondary N) is 3. The molecule has 1 aliphatic rings. The van der Waals surface area contributed by atoms with Crippen molar-refractivity contribution in [3.05, 3.63) is 45.7 Å². The molecule has 1 amide bonds. The van der Waals surface area contributed by atoms with Crippen molar-refractivity contribution in [3.63, 3.8) is 0 Å². The van der Waals surface area contributed by atoms with Gasteiger partial charge < -0.3 is 10.6 Å². The summed E-state index contributed by atoms with van der Waals surface area (Å²) in [6.07, 6.45) is 0.867. The molecule has 3 rings (SSSR count). The molecule has 0 aliphatic carbocycles. The van der Waals surface area contributed by atoms with E-state index in [0.717, 1.165) is 29.8 Å². The van der Waals surface area contributed by atoms with E-state index in [1.165, 1.54) is 0 Å². The van der Waals surface area contributed by atoms with Gasteiger partial charge in [-0.3, -0.25) is 9.89 Å². The summed E-state index contributed by atoms with van der Waals surface area (Å²) >= 11 is 5.96. The summed E-state index contributed by atoms with van der Waals surface area (Å²) in [4.78, 5) is 12.3. The predicted molar refractivity (Wildman–Crippen MR) is 78.1 cm³/mol. The van der Waals surface area contributed by atoms with Crippen LogP contribution in [-0.2, 0) is 13.0 Å². The Hall–Kier alpha value is -1.85. The molecule has 0 radical (unpaired) electrons. The summed E-state index contributed by atoms with van der Waals surface area (Å²) in [6, 6.07) is 5.42. The van der Waals surface area contributed by atoms with Crippen LogP contribution in [0.4, 0.5) is 5.69 Å². The molecule has 0 fully saturated rings. The van der Waals surface area contributed by atoms with Gasteiger partial charge in [-0.15, -0.1) is 0 Å². The Morgan fingerprint density at radius 2 is 2.30 bits per heavy atom. The van der Waals surface area contributed by atoms with Crippen LogP contribution in [-0.4, -0.2) is 22.6 Å². The third kappa shape index (κ3) is 2.42. The van der Waals surface area contributed by atoms with Crippen LogP contribution in [0.5, 0.6) is 0 Å². The molecule has 2 aromatic rings. The van der Waals surface area contributed by atoms with Gasteiger partial charge in [0.15, 0.2) is 5.69 Å². The third-order valence-electron chi connectivity index (χ3n) is 3.47. The maximum absolute atomic E-state index is 12.3. The fourth-order valence-electron chi connectivity index (χ4n) is 2.32. The second-order valence-electron chi connectivity index (χ2n) is 4.87. The number of fused-ring (bicyclic) bond motifs is 1. The molecular formula is C14H15ClN4O. The summed E-state index contributed by atoms with van der Waals surface area (Å²) in [5.41, 5.74) is 4.12. The van der Waals surface area contributed by atoms with Gasteiger partial charge in [-0.25, -0.2) is 0 Å². The minimum atomic E-state index is -0.212. The highest BCUT2D eigenvalue weighted by Gasteiger charge is 2.21. The zero-order valence-corrected chi connectivity index (χ0v) is 11.8. The third-order valence-corrected chi connectivity index (χ3v) is 3.70. The van der Waals surface area contributed by atoms with Gasteiger partial charge in [-0.05, 0) is 24.6 Å². The fourth-order valence-corrected chi connectivity index (χ4v) is 2.50. The molecule has 2 heterocycles. The number of anilines is 1. The van der Waals surface area contributed by atoms with Crippen LogP contribution in [0.25, 0.3) is 0 Å². The highest BCUT2D eigenvalue weighted by atomic mass is 35.5. The number of halogens is 1. The van der Waals surface area contributed by atoms with Crippen molar-refractivity contribution in [1.29, 1.82) is 0 Å². The molecule has 6 heteroatoms. The molecule has 0 spiro atoms. The number of rotatable bonds is 2. The van der Waals surface area contributed by atoms with Crippen LogP contribution in [0.15, 0.2) is 18.2 Å². The lowest BCUT2D eigenvalue weighted by molar-refractivity contribution is 0.102. The maximum atomic E-state index is 12.3. The van der Waals surface area contributed by atoms with Gasteiger partial charge in [0.25, 0.3) is 5.91 Å². The second-order valence-corrected chi connectivity index (χ2v) is 5.31. The Bertz CT molecular complexity index is 665. The first-order valence-corrected chi connectivity index (χ1v) is 6.87. The number of aryl methyl sites for hydroxylation is 1. The van der Waals surface area contributed by atoms with Crippen molar-refractivity contribution in [2.45, 2.75) is 19.9 Å². The molecule has 1 aromatic carbocycles. The first-order valence-electron chi connectivity index (χ1n) is 6.49. The molecular weight excluding hydrogens is 276 g/mol. The van der Waals surface area contributed by atoms with Gasteiger partial charge in [-0.2, -0.15) is 5.10 Å². The SMILES string of the molecule is Cc1ccc(Cl)cc1NC(=O)c1n[nH]c2c1CNCC2. The van der Waals surface area contributed by atoms with Crippen LogP contribution >= 0.6 is 11.6 Å². The highest BCUT2D eigenvalue weighted by Crippen LogP contribution is 2.22. The van der Waals surface area contributed by atoms with Gasteiger partial charge in [0.2, 0.25) is 0 Å². The van der Waals surface area contributed by atoms with Crippen LogP contribution in [0.1, 0.15) is 27.3 Å². The molecule has 0 saturated heterocycles. The lowest BCUT2D eigenvalue weighted by atomic mass is 10.1.